The summed E-state index contributed by atoms with van der Waals surface area (Å²) in [5.41, 5.74) is 1.36. The number of hydrogen-bond donors (Lipinski definition) is 7. The lowest BCUT2D eigenvalue weighted by molar-refractivity contribution is -0.139. The molecule has 1 aromatic heterocycles. The number of nitrogens with one attached hydrogen (secondary N) is 5. The number of fused-ring (bicyclic) bond motifs is 1. The molecule has 7 N–H and O–H groups in total. The van der Waals surface area contributed by atoms with Crippen molar-refractivity contribution in [1.29, 1.82) is 0 Å². The summed E-state index contributed by atoms with van der Waals surface area (Å²) >= 11 is 0. The van der Waals surface area contributed by atoms with Crippen molar-refractivity contribution in [3.8, 4) is 5.75 Å². The number of benzene rings is 2. The number of phenolic OH excluding ortho intramolecular Hbond substituents is 1. The summed E-state index contributed by atoms with van der Waals surface area (Å²) in [6, 6.07) is 7.89. The lowest BCUT2D eigenvalue weighted by Gasteiger charge is -2.29. The topological polar surface area (TPSA) is 233 Å². The predicted molar refractivity (Wildman–Crippen MR) is 206 cm³/mol. The van der Waals surface area contributed by atoms with Crippen LogP contribution in [0.25, 0.3) is 11.0 Å². The number of aliphatic carboxylic acids is 1. The lowest BCUT2D eigenvalue weighted by atomic mass is 9.98. The van der Waals surface area contributed by atoms with Crippen LogP contribution in [0.2, 0.25) is 0 Å². The van der Waals surface area contributed by atoms with Crippen molar-refractivity contribution in [1.82, 2.24) is 21.3 Å². The second-order valence-corrected chi connectivity index (χ2v) is 14.9. The third-order valence-electron chi connectivity index (χ3n) is 8.74. The highest BCUT2D eigenvalue weighted by Gasteiger charge is 2.33. The molecule has 1 heterocycles. The van der Waals surface area contributed by atoms with Crippen LogP contribution in [0, 0.1) is 24.7 Å². The Morgan fingerprint density at radius 3 is 1.85 bits per heavy atom. The highest BCUT2D eigenvalue weighted by molar-refractivity contribution is 6.00. The first-order chi connectivity index (χ1) is 25.8. The second kappa shape index (κ2) is 20.1. The Morgan fingerprint density at radius 2 is 1.27 bits per heavy atom. The summed E-state index contributed by atoms with van der Waals surface area (Å²) < 4.78 is 5.32. The summed E-state index contributed by atoms with van der Waals surface area (Å²) in [6.45, 7) is 12.6. The van der Waals surface area contributed by atoms with E-state index in [1.807, 2.05) is 27.7 Å². The number of carboxylic acids is 1. The molecule has 2 aromatic carbocycles. The van der Waals surface area contributed by atoms with Gasteiger partial charge in [-0.15, -0.1) is 0 Å². The number of amides is 5. The predicted octanol–water partition coefficient (Wildman–Crippen LogP) is 3.54. The van der Waals surface area contributed by atoms with Crippen molar-refractivity contribution in [3.05, 3.63) is 70.1 Å². The molecule has 3 rings (SSSR count). The van der Waals surface area contributed by atoms with Crippen LogP contribution in [0.1, 0.15) is 78.4 Å². The van der Waals surface area contributed by atoms with Crippen LogP contribution in [0.4, 0.5) is 5.69 Å². The van der Waals surface area contributed by atoms with Crippen molar-refractivity contribution in [2.45, 2.75) is 105 Å². The maximum atomic E-state index is 13.9. The number of phenols is 1. The molecule has 3 aromatic rings. The van der Waals surface area contributed by atoms with E-state index in [1.165, 1.54) is 24.3 Å². The molecule has 0 saturated heterocycles. The zero-order valence-electron chi connectivity index (χ0n) is 32.4. The van der Waals surface area contributed by atoms with E-state index in [-0.39, 0.29) is 48.9 Å². The minimum absolute atomic E-state index is 0.0137. The molecule has 4 atom stereocenters. The number of aromatic hydroxyl groups is 1. The molecule has 0 fully saturated rings. The summed E-state index contributed by atoms with van der Waals surface area (Å²) in [4.78, 5) is 90.4. The van der Waals surface area contributed by atoms with E-state index in [9.17, 15) is 38.7 Å². The van der Waals surface area contributed by atoms with E-state index < -0.39 is 77.6 Å². The fourth-order valence-corrected chi connectivity index (χ4v) is 5.92. The number of rotatable bonds is 19. The molecule has 0 unspecified atom stereocenters. The van der Waals surface area contributed by atoms with Gasteiger partial charge in [-0.05, 0) is 72.9 Å². The van der Waals surface area contributed by atoms with Crippen LogP contribution in [-0.2, 0) is 35.2 Å². The second-order valence-electron chi connectivity index (χ2n) is 14.9. The zero-order valence-corrected chi connectivity index (χ0v) is 32.4. The number of anilines is 1. The van der Waals surface area contributed by atoms with Crippen molar-refractivity contribution in [2.75, 3.05) is 5.32 Å². The Labute approximate surface area is 320 Å². The van der Waals surface area contributed by atoms with E-state index in [0.717, 1.165) is 0 Å². The summed E-state index contributed by atoms with van der Waals surface area (Å²) in [5.74, 6) is -4.85. The average Bonchev–Trinajstić information content (AvgIpc) is 3.08. The van der Waals surface area contributed by atoms with Gasteiger partial charge in [0.15, 0.2) is 0 Å². The van der Waals surface area contributed by atoms with Crippen molar-refractivity contribution >= 4 is 52.2 Å². The summed E-state index contributed by atoms with van der Waals surface area (Å²) in [5, 5.41) is 33.0. The zero-order chi connectivity index (χ0) is 41.0. The Morgan fingerprint density at radius 1 is 0.691 bits per heavy atom. The first kappa shape index (κ1) is 43.7. The summed E-state index contributed by atoms with van der Waals surface area (Å²) in [7, 11) is 0. The highest BCUT2D eigenvalue weighted by atomic mass is 16.4. The van der Waals surface area contributed by atoms with E-state index in [2.05, 4.69) is 26.6 Å². The van der Waals surface area contributed by atoms with Gasteiger partial charge in [0, 0.05) is 36.0 Å². The molecule has 0 bridgehead atoms. The van der Waals surface area contributed by atoms with Gasteiger partial charge in [-0.2, -0.15) is 0 Å². The normalized spacial score (nSPS) is 13.5. The molecule has 0 aliphatic carbocycles. The summed E-state index contributed by atoms with van der Waals surface area (Å²) in [6.07, 6.45) is -0.277. The molecule has 0 aliphatic rings. The van der Waals surface area contributed by atoms with E-state index in [4.69, 9.17) is 9.52 Å². The SMILES string of the molecule is Cc1cc(=O)oc2cc(NC(=O)[C@@H](Cc3ccc(O)cc3)NC(=O)[C@H](NC(=O)[C@H](CC(C)C)NC(=O)[C@H](CC(C)C)NC(=O)CCC(=O)O)C(C)C)ccc12. The molecule has 55 heavy (non-hydrogen) atoms. The number of carbonyl (C=O) groups excluding carboxylic acids is 5. The van der Waals surface area contributed by atoms with Crippen molar-refractivity contribution in [2.24, 2.45) is 17.8 Å². The van der Waals surface area contributed by atoms with E-state index in [0.29, 0.717) is 22.2 Å². The molecule has 0 radical (unpaired) electrons. The molecule has 5 amide bonds. The van der Waals surface area contributed by atoms with Gasteiger partial charge in [0.1, 0.15) is 35.5 Å². The standard InChI is InChI=1S/C40H53N5O10/c1-21(2)16-29(42-33(47)14-15-34(48)49)38(52)43-30(17-22(3)4)39(53)45-36(23(5)6)40(54)44-31(19-25-8-11-27(46)12-9-25)37(51)41-26-10-13-28-24(7)18-35(50)55-32(28)20-26/h8-13,18,20-23,29-31,36,46H,14-17,19H2,1-7H3,(H,41,51)(H,42,47)(H,43,52)(H,44,54)(H,45,53)(H,48,49)/t29-,30-,31+,36+/m0/s1. The van der Waals surface area contributed by atoms with E-state index >= 15 is 0 Å². The molecule has 0 aliphatic heterocycles. The third-order valence-corrected chi connectivity index (χ3v) is 8.74. The quantitative estimate of drug-likeness (QED) is 0.0878. The number of carbonyl (C=O) groups is 6. The minimum atomic E-state index is -1.16. The molecular formula is C40H53N5O10. The number of aryl methyl sites for hydroxylation is 1. The molecule has 15 nitrogen and oxygen atoms in total. The van der Waals surface area contributed by atoms with Gasteiger partial charge in [-0.3, -0.25) is 28.8 Å². The van der Waals surface area contributed by atoms with Crippen LogP contribution in [0.5, 0.6) is 5.75 Å². The van der Waals surface area contributed by atoms with Gasteiger partial charge in [-0.1, -0.05) is 53.7 Å². The van der Waals surface area contributed by atoms with Crippen LogP contribution < -0.4 is 32.2 Å². The van der Waals surface area contributed by atoms with Gasteiger partial charge >= 0.3 is 11.6 Å². The van der Waals surface area contributed by atoms with Crippen molar-refractivity contribution < 1.29 is 43.4 Å². The van der Waals surface area contributed by atoms with Gasteiger partial charge in [-0.25, -0.2) is 4.79 Å². The van der Waals surface area contributed by atoms with Gasteiger partial charge < -0.3 is 41.2 Å². The molecular weight excluding hydrogens is 710 g/mol. The number of hydrogen-bond acceptors (Lipinski definition) is 9. The smallest absolute Gasteiger partial charge is 0.336 e. The average molecular weight is 764 g/mol. The lowest BCUT2D eigenvalue weighted by Crippen LogP contribution is -2.59. The Bertz CT molecular complexity index is 1900. The fraction of sp³-hybridized carbons (Fsp3) is 0.475. The molecule has 298 valence electrons. The van der Waals surface area contributed by atoms with Crippen LogP contribution >= 0.6 is 0 Å². The van der Waals surface area contributed by atoms with Crippen LogP contribution in [0.15, 0.2) is 57.7 Å². The molecule has 0 saturated carbocycles. The van der Waals surface area contributed by atoms with E-state index in [1.54, 1.807) is 45.0 Å². The number of carboxylic acid groups (broad SMARTS) is 1. The first-order valence-electron chi connectivity index (χ1n) is 18.4. The Balaban J connectivity index is 1.83. The maximum Gasteiger partial charge on any atom is 0.336 e. The van der Waals surface area contributed by atoms with Crippen molar-refractivity contribution in [3.63, 3.8) is 0 Å². The van der Waals surface area contributed by atoms with Crippen LogP contribution in [-0.4, -0.2) is 69.9 Å². The third kappa shape index (κ3) is 13.9. The maximum absolute atomic E-state index is 13.9. The molecule has 15 heteroatoms. The Kier molecular flexibility index (Phi) is 16.0. The fourth-order valence-electron chi connectivity index (χ4n) is 5.92. The van der Waals surface area contributed by atoms with Gasteiger partial charge in [0.2, 0.25) is 29.5 Å². The molecule has 0 spiro atoms. The van der Waals surface area contributed by atoms with Crippen LogP contribution in [0.3, 0.4) is 0 Å². The Hall–Kier alpha value is -5.73. The minimum Gasteiger partial charge on any atom is -0.508 e. The van der Waals surface area contributed by atoms with Gasteiger partial charge in [0.25, 0.3) is 0 Å². The first-order valence-corrected chi connectivity index (χ1v) is 18.4. The monoisotopic (exact) mass is 763 g/mol. The highest BCUT2D eigenvalue weighted by Crippen LogP contribution is 2.21. The van der Waals surface area contributed by atoms with Gasteiger partial charge in [0.05, 0.1) is 6.42 Å². The largest absolute Gasteiger partial charge is 0.508 e.